The summed E-state index contributed by atoms with van der Waals surface area (Å²) < 4.78 is 20.7. The molecule has 4 nitrogen and oxygen atoms in total. The molecule has 0 spiro atoms. The van der Waals surface area contributed by atoms with Gasteiger partial charge in [-0.1, -0.05) is 0 Å². The molecule has 1 heterocycles. The predicted octanol–water partition coefficient (Wildman–Crippen LogP) is 2.16. The molecule has 18 heavy (non-hydrogen) atoms. The Morgan fingerprint density at radius 3 is 2.89 bits per heavy atom. The number of hydrogen-bond donors (Lipinski definition) is 1. The molecule has 2 aromatic rings. The third kappa shape index (κ3) is 2.68. The molecule has 0 aliphatic carbocycles. The molecule has 0 fully saturated rings. The van der Waals surface area contributed by atoms with E-state index in [1.807, 2.05) is 17.8 Å². The van der Waals surface area contributed by atoms with Gasteiger partial charge in [-0.15, -0.1) is 0 Å². The smallest absolute Gasteiger partial charge is 0.146 e. The maximum absolute atomic E-state index is 13.2. The third-order valence-corrected chi connectivity index (χ3v) is 2.74. The number of nitrogens with two attached hydrogens (primary N) is 1. The average molecular weight is 249 g/mol. The summed E-state index contributed by atoms with van der Waals surface area (Å²) >= 11 is 0. The van der Waals surface area contributed by atoms with Gasteiger partial charge in [-0.25, -0.2) is 9.37 Å². The standard InChI is InChI=1S/C13H16FN3O/c1-9(15)11-7-10(14)3-4-12(11)18-8-13-16-5-6-17(13)2/h3-7,9H,8,15H2,1-2H3. The number of halogens is 1. The van der Waals surface area contributed by atoms with Crippen LogP contribution in [0.1, 0.15) is 24.4 Å². The molecule has 0 aliphatic rings. The average Bonchev–Trinajstić information content (AvgIpc) is 2.73. The zero-order chi connectivity index (χ0) is 13.1. The molecule has 0 saturated carbocycles. The van der Waals surface area contributed by atoms with E-state index in [1.165, 1.54) is 12.1 Å². The van der Waals surface area contributed by atoms with Gasteiger partial charge in [-0.3, -0.25) is 0 Å². The molecule has 0 bridgehead atoms. The van der Waals surface area contributed by atoms with Crippen LogP contribution in [0.25, 0.3) is 0 Å². The highest BCUT2D eigenvalue weighted by molar-refractivity contribution is 5.36. The molecule has 1 unspecified atom stereocenters. The van der Waals surface area contributed by atoms with E-state index in [9.17, 15) is 4.39 Å². The van der Waals surface area contributed by atoms with Gasteiger partial charge in [-0.05, 0) is 25.1 Å². The second-order valence-corrected chi connectivity index (χ2v) is 4.21. The Bertz CT molecular complexity index is 537. The van der Waals surface area contributed by atoms with E-state index in [-0.39, 0.29) is 11.9 Å². The molecule has 1 aromatic carbocycles. The Labute approximate surface area is 105 Å². The molecule has 0 aliphatic heterocycles. The summed E-state index contributed by atoms with van der Waals surface area (Å²) in [5.41, 5.74) is 6.45. The van der Waals surface area contributed by atoms with Crippen LogP contribution in [0.3, 0.4) is 0 Å². The summed E-state index contributed by atoms with van der Waals surface area (Å²) in [6, 6.07) is 4.08. The van der Waals surface area contributed by atoms with Crippen LogP contribution >= 0.6 is 0 Å². The van der Waals surface area contributed by atoms with E-state index in [0.717, 1.165) is 5.82 Å². The molecule has 0 saturated heterocycles. The molecule has 0 radical (unpaired) electrons. The lowest BCUT2D eigenvalue weighted by atomic mass is 10.1. The number of nitrogens with zero attached hydrogens (tertiary/aromatic N) is 2. The lowest BCUT2D eigenvalue weighted by molar-refractivity contribution is 0.287. The van der Waals surface area contributed by atoms with Gasteiger partial charge in [0.1, 0.15) is 24.0 Å². The summed E-state index contributed by atoms with van der Waals surface area (Å²) in [6.07, 6.45) is 3.55. The highest BCUT2D eigenvalue weighted by atomic mass is 19.1. The Morgan fingerprint density at radius 2 is 2.28 bits per heavy atom. The first-order valence-corrected chi connectivity index (χ1v) is 5.72. The molecule has 2 N–H and O–H groups in total. The number of aromatic nitrogens is 2. The van der Waals surface area contributed by atoms with Crippen molar-refractivity contribution in [2.24, 2.45) is 12.8 Å². The minimum atomic E-state index is -0.313. The van der Waals surface area contributed by atoms with Gasteiger partial charge in [0.2, 0.25) is 0 Å². The SMILES string of the molecule is CC(N)c1cc(F)ccc1OCc1nccn1C. The molecule has 5 heteroatoms. The first kappa shape index (κ1) is 12.6. The second kappa shape index (κ2) is 5.18. The first-order chi connectivity index (χ1) is 8.58. The van der Waals surface area contributed by atoms with Crippen LogP contribution in [0.15, 0.2) is 30.6 Å². The molecule has 0 amide bonds. The number of benzene rings is 1. The number of rotatable bonds is 4. The van der Waals surface area contributed by atoms with Crippen molar-refractivity contribution in [3.8, 4) is 5.75 Å². The van der Waals surface area contributed by atoms with Crippen molar-refractivity contribution in [3.63, 3.8) is 0 Å². The van der Waals surface area contributed by atoms with Crippen LogP contribution in [-0.2, 0) is 13.7 Å². The highest BCUT2D eigenvalue weighted by Gasteiger charge is 2.10. The maximum Gasteiger partial charge on any atom is 0.146 e. The minimum Gasteiger partial charge on any atom is -0.485 e. The second-order valence-electron chi connectivity index (χ2n) is 4.21. The van der Waals surface area contributed by atoms with Gasteiger partial charge in [0.05, 0.1) is 0 Å². The molecule has 1 atom stereocenters. The van der Waals surface area contributed by atoms with Crippen LogP contribution < -0.4 is 10.5 Å². The van der Waals surface area contributed by atoms with Crippen molar-refractivity contribution in [2.45, 2.75) is 19.6 Å². The largest absolute Gasteiger partial charge is 0.485 e. The van der Waals surface area contributed by atoms with E-state index >= 15 is 0 Å². The third-order valence-electron chi connectivity index (χ3n) is 2.74. The van der Waals surface area contributed by atoms with Gasteiger partial charge in [0.15, 0.2) is 0 Å². The van der Waals surface area contributed by atoms with E-state index in [1.54, 1.807) is 19.2 Å². The normalized spacial score (nSPS) is 12.4. The summed E-state index contributed by atoms with van der Waals surface area (Å²) in [7, 11) is 1.89. The molecule has 2 rings (SSSR count). The van der Waals surface area contributed by atoms with E-state index in [0.29, 0.717) is 17.9 Å². The fourth-order valence-electron chi connectivity index (χ4n) is 1.68. The number of imidazole rings is 1. The molecular formula is C13H16FN3O. The Balaban J connectivity index is 2.16. The van der Waals surface area contributed by atoms with Gasteiger partial charge in [0, 0.05) is 31.0 Å². The Kier molecular flexibility index (Phi) is 3.62. The van der Waals surface area contributed by atoms with Crippen molar-refractivity contribution >= 4 is 0 Å². The molecular weight excluding hydrogens is 233 g/mol. The number of hydrogen-bond acceptors (Lipinski definition) is 3. The van der Waals surface area contributed by atoms with Crippen molar-refractivity contribution in [1.29, 1.82) is 0 Å². The van der Waals surface area contributed by atoms with E-state index in [2.05, 4.69) is 4.98 Å². The van der Waals surface area contributed by atoms with Gasteiger partial charge in [-0.2, -0.15) is 0 Å². The summed E-state index contributed by atoms with van der Waals surface area (Å²) in [4.78, 5) is 4.16. The van der Waals surface area contributed by atoms with Gasteiger partial charge >= 0.3 is 0 Å². The van der Waals surface area contributed by atoms with Gasteiger partial charge in [0.25, 0.3) is 0 Å². The Morgan fingerprint density at radius 1 is 1.50 bits per heavy atom. The van der Waals surface area contributed by atoms with Crippen LogP contribution in [0.5, 0.6) is 5.75 Å². The number of aryl methyl sites for hydroxylation is 1. The van der Waals surface area contributed by atoms with Crippen molar-refractivity contribution in [1.82, 2.24) is 9.55 Å². The van der Waals surface area contributed by atoms with E-state index in [4.69, 9.17) is 10.5 Å². The Hall–Kier alpha value is -1.88. The zero-order valence-electron chi connectivity index (χ0n) is 10.4. The van der Waals surface area contributed by atoms with Crippen molar-refractivity contribution in [2.75, 3.05) is 0 Å². The monoisotopic (exact) mass is 249 g/mol. The molecule has 96 valence electrons. The molecule has 1 aromatic heterocycles. The van der Waals surface area contributed by atoms with Crippen LogP contribution in [0.2, 0.25) is 0 Å². The summed E-state index contributed by atoms with van der Waals surface area (Å²) in [6.45, 7) is 2.12. The van der Waals surface area contributed by atoms with Crippen LogP contribution in [0.4, 0.5) is 4.39 Å². The quantitative estimate of drug-likeness (QED) is 0.903. The van der Waals surface area contributed by atoms with E-state index < -0.39 is 0 Å². The topological polar surface area (TPSA) is 53.1 Å². The number of ether oxygens (including phenoxy) is 1. The summed E-state index contributed by atoms with van der Waals surface area (Å²) in [5, 5.41) is 0. The maximum atomic E-state index is 13.2. The zero-order valence-corrected chi connectivity index (χ0v) is 10.4. The fourth-order valence-corrected chi connectivity index (χ4v) is 1.68. The van der Waals surface area contributed by atoms with Crippen LogP contribution in [-0.4, -0.2) is 9.55 Å². The first-order valence-electron chi connectivity index (χ1n) is 5.72. The lowest BCUT2D eigenvalue weighted by Crippen LogP contribution is -2.10. The predicted molar refractivity (Wildman–Crippen MR) is 66.5 cm³/mol. The van der Waals surface area contributed by atoms with Crippen LogP contribution in [0, 0.1) is 5.82 Å². The summed E-state index contributed by atoms with van der Waals surface area (Å²) in [5.74, 6) is 1.08. The fraction of sp³-hybridized carbons (Fsp3) is 0.308. The lowest BCUT2D eigenvalue weighted by Gasteiger charge is -2.14. The van der Waals surface area contributed by atoms with Crippen molar-refractivity contribution in [3.05, 3.63) is 47.8 Å². The van der Waals surface area contributed by atoms with Gasteiger partial charge < -0.3 is 15.0 Å². The van der Waals surface area contributed by atoms with Crippen molar-refractivity contribution < 1.29 is 9.13 Å². The highest BCUT2D eigenvalue weighted by Crippen LogP contribution is 2.25. The minimum absolute atomic E-state index is 0.280.